The molecule has 3 nitrogen and oxygen atoms in total. The molecule has 12 heavy (non-hydrogen) atoms. The molecule has 0 fully saturated rings. The van der Waals surface area contributed by atoms with Crippen LogP contribution in [0.15, 0.2) is 12.4 Å². The Morgan fingerprint density at radius 2 is 2.08 bits per heavy atom. The van der Waals surface area contributed by atoms with Crippen LogP contribution in [0.5, 0.6) is 0 Å². The lowest BCUT2D eigenvalue weighted by Crippen LogP contribution is -1.88. The second kappa shape index (κ2) is 4.42. The molecule has 0 saturated heterocycles. The largest absolute Gasteiger partial charge is 0.395 e. The van der Waals surface area contributed by atoms with Gasteiger partial charge in [0.2, 0.25) is 5.82 Å². The zero-order chi connectivity index (χ0) is 8.81. The molecule has 0 atom stereocenters. The predicted octanol–water partition coefficient (Wildman–Crippen LogP) is 0.350. The summed E-state index contributed by atoms with van der Waals surface area (Å²) in [4.78, 5) is 7.22. The van der Waals surface area contributed by atoms with Gasteiger partial charge in [-0.3, -0.25) is 0 Å². The first-order chi connectivity index (χ1) is 5.83. The zero-order valence-corrected chi connectivity index (χ0v) is 6.29. The van der Waals surface area contributed by atoms with E-state index in [4.69, 9.17) is 5.11 Å². The Kier molecular flexibility index (Phi) is 3.17. The lowest BCUT2D eigenvalue weighted by molar-refractivity contribution is 0.305. The smallest absolute Gasteiger partial charge is 0.204 e. The fourth-order valence-electron chi connectivity index (χ4n) is 0.574. The maximum absolute atomic E-state index is 12.3. The summed E-state index contributed by atoms with van der Waals surface area (Å²) in [5.74, 6) is 4.98. The van der Waals surface area contributed by atoms with E-state index in [2.05, 4.69) is 21.8 Å². The molecule has 0 saturated carbocycles. The maximum atomic E-state index is 12.3. The minimum Gasteiger partial charge on any atom is -0.395 e. The van der Waals surface area contributed by atoms with Crippen molar-refractivity contribution in [2.24, 2.45) is 0 Å². The molecule has 0 radical (unpaired) electrons. The standard InChI is InChI=1S/C8H7FN2O/c9-7-5-10-8(11-6-7)3-1-2-4-12/h5-6,12H,2,4H2. The monoisotopic (exact) mass is 166 g/mol. The van der Waals surface area contributed by atoms with Gasteiger partial charge in [0.1, 0.15) is 0 Å². The summed E-state index contributed by atoms with van der Waals surface area (Å²) in [6, 6.07) is 0. The fraction of sp³-hybridized carbons (Fsp3) is 0.250. The Labute approximate surface area is 69.3 Å². The molecule has 4 heteroatoms. The maximum Gasteiger partial charge on any atom is 0.204 e. The topological polar surface area (TPSA) is 46.0 Å². The summed E-state index contributed by atoms with van der Waals surface area (Å²) in [5.41, 5.74) is 0. The van der Waals surface area contributed by atoms with Crippen LogP contribution < -0.4 is 0 Å². The Morgan fingerprint density at radius 1 is 1.42 bits per heavy atom. The highest BCUT2D eigenvalue weighted by Crippen LogP contribution is 1.90. The lowest BCUT2D eigenvalue weighted by atomic mass is 10.4. The average Bonchev–Trinajstić information content (AvgIpc) is 2.09. The molecule has 0 aliphatic carbocycles. The van der Waals surface area contributed by atoms with Crippen molar-refractivity contribution in [2.75, 3.05) is 6.61 Å². The molecule has 1 N–H and O–H groups in total. The molecule has 0 spiro atoms. The number of hydrogen-bond acceptors (Lipinski definition) is 3. The van der Waals surface area contributed by atoms with E-state index in [1.165, 1.54) is 0 Å². The van der Waals surface area contributed by atoms with Gasteiger partial charge >= 0.3 is 0 Å². The first-order valence-corrected chi connectivity index (χ1v) is 3.40. The fourth-order valence-corrected chi connectivity index (χ4v) is 0.574. The minimum atomic E-state index is -0.484. The van der Waals surface area contributed by atoms with Crippen LogP contribution in [-0.2, 0) is 0 Å². The van der Waals surface area contributed by atoms with Gasteiger partial charge in [-0.05, 0) is 5.92 Å². The molecule has 62 valence electrons. The van der Waals surface area contributed by atoms with Crippen LogP contribution in [0.25, 0.3) is 0 Å². The van der Waals surface area contributed by atoms with Crippen molar-refractivity contribution in [2.45, 2.75) is 6.42 Å². The molecule has 1 aromatic heterocycles. The molecule has 0 aromatic carbocycles. The number of halogens is 1. The van der Waals surface area contributed by atoms with E-state index in [-0.39, 0.29) is 12.4 Å². The molecular formula is C8H7FN2O. The third-order valence-electron chi connectivity index (χ3n) is 1.06. The highest BCUT2D eigenvalue weighted by molar-refractivity contribution is 5.19. The van der Waals surface area contributed by atoms with Crippen molar-refractivity contribution in [1.82, 2.24) is 9.97 Å². The van der Waals surface area contributed by atoms with Gasteiger partial charge in [0.25, 0.3) is 0 Å². The van der Waals surface area contributed by atoms with Gasteiger partial charge in [-0.1, -0.05) is 5.92 Å². The first-order valence-electron chi connectivity index (χ1n) is 3.40. The van der Waals surface area contributed by atoms with E-state index in [9.17, 15) is 4.39 Å². The number of nitrogens with zero attached hydrogens (tertiary/aromatic N) is 2. The Hall–Kier alpha value is -1.47. The second-order valence-electron chi connectivity index (χ2n) is 2.00. The summed E-state index contributed by atoms with van der Waals surface area (Å²) in [7, 11) is 0. The normalized spacial score (nSPS) is 8.83. The highest BCUT2D eigenvalue weighted by atomic mass is 19.1. The quantitative estimate of drug-likeness (QED) is 0.612. The molecule has 0 amide bonds. The van der Waals surface area contributed by atoms with Gasteiger partial charge in [0, 0.05) is 6.42 Å². The Bertz CT molecular complexity index is 299. The van der Waals surface area contributed by atoms with Crippen LogP contribution >= 0.6 is 0 Å². The number of aliphatic hydroxyl groups excluding tert-OH is 1. The summed E-state index contributed by atoms with van der Waals surface area (Å²) in [5, 5.41) is 8.39. The summed E-state index contributed by atoms with van der Waals surface area (Å²) >= 11 is 0. The molecule has 1 heterocycles. The van der Waals surface area contributed by atoms with Crippen LogP contribution in [0.4, 0.5) is 4.39 Å². The highest BCUT2D eigenvalue weighted by Gasteiger charge is 1.90. The zero-order valence-electron chi connectivity index (χ0n) is 6.29. The van der Waals surface area contributed by atoms with Gasteiger partial charge in [-0.15, -0.1) is 0 Å². The Morgan fingerprint density at radius 3 is 2.67 bits per heavy atom. The van der Waals surface area contributed by atoms with E-state index in [0.29, 0.717) is 6.42 Å². The van der Waals surface area contributed by atoms with Crippen LogP contribution in [-0.4, -0.2) is 21.7 Å². The number of aromatic nitrogens is 2. The third-order valence-corrected chi connectivity index (χ3v) is 1.06. The molecule has 0 bridgehead atoms. The van der Waals surface area contributed by atoms with E-state index < -0.39 is 5.82 Å². The lowest BCUT2D eigenvalue weighted by Gasteiger charge is -1.86. The van der Waals surface area contributed by atoms with Crippen LogP contribution in [0, 0.1) is 17.7 Å². The number of aliphatic hydroxyl groups is 1. The molecule has 0 aliphatic heterocycles. The summed E-state index contributed by atoms with van der Waals surface area (Å²) in [6.07, 6.45) is 2.48. The van der Waals surface area contributed by atoms with Crippen molar-refractivity contribution in [3.63, 3.8) is 0 Å². The predicted molar refractivity (Wildman–Crippen MR) is 40.6 cm³/mol. The van der Waals surface area contributed by atoms with Gasteiger partial charge in [-0.2, -0.15) is 0 Å². The molecule has 0 aliphatic rings. The van der Waals surface area contributed by atoms with Crippen molar-refractivity contribution >= 4 is 0 Å². The van der Waals surface area contributed by atoms with Crippen LogP contribution in [0.1, 0.15) is 12.2 Å². The second-order valence-corrected chi connectivity index (χ2v) is 2.00. The molecule has 1 aromatic rings. The van der Waals surface area contributed by atoms with E-state index in [1.54, 1.807) is 0 Å². The Balaban J connectivity index is 2.66. The number of rotatable bonds is 1. The van der Waals surface area contributed by atoms with Crippen molar-refractivity contribution in [1.29, 1.82) is 0 Å². The van der Waals surface area contributed by atoms with Crippen LogP contribution in [0.2, 0.25) is 0 Å². The summed E-state index contributed by atoms with van der Waals surface area (Å²) in [6.45, 7) is 0.00813. The van der Waals surface area contributed by atoms with Gasteiger partial charge in [0.15, 0.2) is 5.82 Å². The van der Waals surface area contributed by atoms with E-state index >= 15 is 0 Å². The van der Waals surface area contributed by atoms with Crippen LogP contribution in [0.3, 0.4) is 0 Å². The van der Waals surface area contributed by atoms with Crippen molar-refractivity contribution < 1.29 is 9.50 Å². The average molecular weight is 166 g/mol. The van der Waals surface area contributed by atoms with Crippen molar-refractivity contribution in [3.05, 3.63) is 24.0 Å². The van der Waals surface area contributed by atoms with Gasteiger partial charge < -0.3 is 5.11 Å². The summed E-state index contributed by atoms with van der Waals surface area (Å²) < 4.78 is 12.3. The molecular weight excluding hydrogens is 159 g/mol. The van der Waals surface area contributed by atoms with E-state index in [1.807, 2.05) is 0 Å². The number of hydrogen-bond donors (Lipinski definition) is 1. The van der Waals surface area contributed by atoms with Gasteiger partial charge in [-0.25, -0.2) is 14.4 Å². The van der Waals surface area contributed by atoms with Crippen molar-refractivity contribution in [3.8, 4) is 11.8 Å². The van der Waals surface area contributed by atoms with E-state index in [0.717, 1.165) is 12.4 Å². The molecule has 1 rings (SSSR count). The first kappa shape index (κ1) is 8.62. The molecule has 0 unspecified atom stereocenters. The third kappa shape index (κ3) is 2.64. The van der Waals surface area contributed by atoms with Gasteiger partial charge in [0.05, 0.1) is 19.0 Å². The minimum absolute atomic E-state index is 0.00813. The SMILES string of the molecule is OCCC#Cc1ncc(F)cn1.